The van der Waals surface area contributed by atoms with Crippen molar-refractivity contribution in [2.24, 2.45) is 4.99 Å². The largest absolute Gasteiger partial charge is 0.375 e. The van der Waals surface area contributed by atoms with Crippen LogP contribution in [0.15, 0.2) is 88.2 Å². The maximum absolute atomic E-state index is 13.6. The van der Waals surface area contributed by atoms with E-state index in [0.29, 0.717) is 22.2 Å². The van der Waals surface area contributed by atoms with Crippen LogP contribution in [-0.4, -0.2) is 42.4 Å². The smallest absolute Gasteiger partial charge is 0.123 e. The van der Waals surface area contributed by atoms with Crippen LogP contribution in [0.1, 0.15) is 30.9 Å². The van der Waals surface area contributed by atoms with Crippen LogP contribution < -0.4 is 0 Å². The topological polar surface area (TPSA) is 37.7 Å². The maximum Gasteiger partial charge on any atom is 0.123 e. The van der Waals surface area contributed by atoms with Crippen LogP contribution in [0.4, 0.5) is 4.39 Å². The molecule has 0 saturated heterocycles. The van der Waals surface area contributed by atoms with Gasteiger partial charge in [-0.05, 0) is 56.2 Å². The predicted molar refractivity (Wildman–Crippen MR) is 140 cm³/mol. The molecule has 0 N–H and O–H groups in total. The Labute approximate surface area is 210 Å². The first-order chi connectivity index (χ1) is 16.5. The molecule has 1 aromatic heterocycles. The molecule has 0 saturated carbocycles. The van der Waals surface area contributed by atoms with Crippen molar-refractivity contribution in [1.82, 2.24) is 9.88 Å². The molecule has 1 aliphatic rings. The molecule has 0 unspecified atom stereocenters. The molecule has 0 aliphatic carbocycles. The summed E-state index contributed by atoms with van der Waals surface area (Å²) in [5.74, 6) is -0.286. The molecular weight excluding hydrogens is 472 g/mol. The lowest BCUT2D eigenvalue weighted by molar-refractivity contribution is 0.102. The van der Waals surface area contributed by atoms with Gasteiger partial charge in [0.1, 0.15) is 5.82 Å². The third-order valence-electron chi connectivity index (χ3n) is 5.61. The van der Waals surface area contributed by atoms with E-state index in [-0.39, 0.29) is 18.5 Å². The van der Waals surface area contributed by atoms with Gasteiger partial charge in [-0.1, -0.05) is 41.9 Å². The highest BCUT2D eigenvalue weighted by Gasteiger charge is 2.24. The van der Waals surface area contributed by atoms with Crippen LogP contribution in [0.3, 0.4) is 0 Å². The number of likely N-dealkylation sites (N-methyl/N-ethyl adjacent to an activating group) is 1. The summed E-state index contributed by atoms with van der Waals surface area (Å²) in [6.45, 7) is 6.30. The van der Waals surface area contributed by atoms with E-state index in [1.165, 1.54) is 12.1 Å². The predicted octanol–water partition coefficient (Wildman–Crippen LogP) is 7.05. The Balaban J connectivity index is 1.94. The summed E-state index contributed by atoms with van der Waals surface area (Å²) in [6, 6.07) is 10.3. The van der Waals surface area contributed by atoms with Gasteiger partial charge >= 0.3 is 0 Å². The van der Waals surface area contributed by atoms with E-state index in [2.05, 4.69) is 16.5 Å². The summed E-state index contributed by atoms with van der Waals surface area (Å²) in [6.07, 6.45) is 10.4. The second kappa shape index (κ2) is 12.7. The molecule has 2 heterocycles. The summed E-state index contributed by atoms with van der Waals surface area (Å²) >= 11 is 12.6. The zero-order valence-electron chi connectivity index (χ0n) is 19.3. The zero-order chi connectivity index (χ0) is 24.5. The Hall–Kier alpha value is -2.73. The molecule has 1 aliphatic heterocycles. The highest BCUT2D eigenvalue weighted by atomic mass is 35.5. The molecule has 0 fully saturated rings. The van der Waals surface area contributed by atoms with Crippen molar-refractivity contribution >= 4 is 40.8 Å². The van der Waals surface area contributed by atoms with Gasteiger partial charge in [-0.25, -0.2) is 4.39 Å². The normalized spacial score (nSPS) is 20.0. The first-order valence-electron chi connectivity index (χ1n) is 11.0. The van der Waals surface area contributed by atoms with E-state index in [9.17, 15) is 4.39 Å². The van der Waals surface area contributed by atoms with Gasteiger partial charge in [-0.2, -0.15) is 0 Å². The summed E-state index contributed by atoms with van der Waals surface area (Å²) < 4.78 is 19.7. The number of hydrogen-bond donors (Lipinski definition) is 0. The number of hydrogen-bond acceptors (Lipinski definition) is 4. The molecule has 34 heavy (non-hydrogen) atoms. The number of halogens is 3. The van der Waals surface area contributed by atoms with Crippen molar-refractivity contribution in [2.45, 2.75) is 25.8 Å². The number of benzene rings is 1. The van der Waals surface area contributed by atoms with Crippen molar-refractivity contribution < 1.29 is 9.13 Å². The molecule has 4 nitrogen and oxygen atoms in total. The van der Waals surface area contributed by atoms with Crippen molar-refractivity contribution in [2.75, 3.05) is 20.3 Å². The Morgan fingerprint density at radius 2 is 1.88 bits per heavy atom. The summed E-state index contributed by atoms with van der Waals surface area (Å²) in [7, 11) is 2.03. The number of pyridine rings is 1. The van der Waals surface area contributed by atoms with Gasteiger partial charge in [-0.3, -0.25) is 9.98 Å². The number of nitrogens with zero attached hydrogens (tertiary/aromatic N) is 3. The second-order valence-corrected chi connectivity index (χ2v) is 8.59. The van der Waals surface area contributed by atoms with E-state index in [1.54, 1.807) is 36.7 Å². The molecule has 0 spiro atoms. The van der Waals surface area contributed by atoms with Crippen LogP contribution in [-0.2, 0) is 4.74 Å². The maximum atomic E-state index is 13.6. The fourth-order valence-corrected chi connectivity index (χ4v) is 4.10. The van der Waals surface area contributed by atoms with Crippen molar-refractivity contribution in [1.29, 1.82) is 0 Å². The number of aliphatic imine (C=N–C) groups is 1. The van der Waals surface area contributed by atoms with Gasteiger partial charge in [0.05, 0.1) is 30.6 Å². The number of ether oxygens (including phenoxy) is 1. The molecule has 1 aromatic carbocycles. The van der Waals surface area contributed by atoms with Crippen LogP contribution in [0.25, 0.3) is 11.4 Å². The van der Waals surface area contributed by atoms with Crippen LogP contribution >= 0.6 is 23.2 Å². The van der Waals surface area contributed by atoms with E-state index >= 15 is 0 Å². The Kier molecular flexibility index (Phi) is 9.63. The van der Waals surface area contributed by atoms with Gasteiger partial charge in [0.15, 0.2) is 0 Å². The van der Waals surface area contributed by atoms with E-state index in [1.807, 2.05) is 32.3 Å². The molecule has 3 rings (SSSR count). The van der Waals surface area contributed by atoms with Crippen LogP contribution in [0.5, 0.6) is 0 Å². The highest BCUT2D eigenvalue weighted by molar-refractivity contribution is 6.36. The Morgan fingerprint density at radius 1 is 1.18 bits per heavy atom. The minimum Gasteiger partial charge on any atom is -0.375 e. The van der Waals surface area contributed by atoms with Crippen molar-refractivity contribution in [3.63, 3.8) is 0 Å². The van der Waals surface area contributed by atoms with Gasteiger partial charge in [-0.15, -0.1) is 0 Å². The van der Waals surface area contributed by atoms with Gasteiger partial charge in [0, 0.05) is 52.4 Å². The molecule has 0 bridgehead atoms. The van der Waals surface area contributed by atoms with Crippen LogP contribution in [0.2, 0.25) is 0 Å². The van der Waals surface area contributed by atoms with Gasteiger partial charge < -0.3 is 9.64 Å². The minimum absolute atomic E-state index is 0.0542. The summed E-state index contributed by atoms with van der Waals surface area (Å²) in [5, 5.41) is 1.01. The van der Waals surface area contributed by atoms with Gasteiger partial charge in [0.25, 0.3) is 0 Å². The molecule has 1 atom stereocenters. The van der Waals surface area contributed by atoms with Gasteiger partial charge in [0.2, 0.25) is 0 Å². The molecule has 178 valence electrons. The lowest BCUT2D eigenvalue weighted by Crippen LogP contribution is -2.36. The molecule has 2 aromatic rings. The number of aromatic nitrogens is 1. The first kappa shape index (κ1) is 25.9. The number of allylic oxidation sites excluding steroid dienone is 3. The fourth-order valence-electron chi connectivity index (χ4n) is 3.74. The quantitative estimate of drug-likeness (QED) is 0.365. The molecule has 0 radical (unpaired) electrons. The lowest BCUT2D eigenvalue weighted by Gasteiger charge is -2.34. The van der Waals surface area contributed by atoms with Crippen molar-refractivity contribution in [3.05, 3.63) is 100 Å². The third kappa shape index (κ3) is 6.44. The Morgan fingerprint density at radius 3 is 2.53 bits per heavy atom. The highest BCUT2D eigenvalue weighted by Crippen LogP contribution is 2.33. The average molecular weight is 500 g/mol. The number of rotatable bonds is 8. The monoisotopic (exact) mass is 499 g/mol. The van der Waals surface area contributed by atoms with Crippen molar-refractivity contribution in [3.8, 4) is 0 Å². The second-order valence-electron chi connectivity index (χ2n) is 7.78. The van der Waals surface area contributed by atoms with E-state index in [0.717, 1.165) is 35.4 Å². The summed E-state index contributed by atoms with van der Waals surface area (Å²) in [5.41, 5.74) is 4.19. The molecular formula is C27H28Cl2FN3O. The summed E-state index contributed by atoms with van der Waals surface area (Å²) in [4.78, 5) is 11.1. The first-order valence-corrected chi connectivity index (χ1v) is 11.8. The Bertz CT molecular complexity index is 1110. The van der Waals surface area contributed by atoms with E-state index in [4.69, 9.17) is 32.9 Å². The van der Waals surface area contributed by atoms with E-state index < -0.39 is 0 Å². The third-order valence-corrected chi connectivity index (χ3v) is 6.44. The lowest BCUT2D eigenvalue weighted by atomic mass is 10.0. The zero-order valence-corrected chi connectivity index (χ0v) is 20.9. The molecule has 7 heteroatoms. The fraction of sp³-hybridized carbons (Fsp3) is 0.259. The molecule has 0 amide bonds. The standard InChI is InChI=1S/C27H28Cl2FN3O/c1-4-24(28)23(25(29)5-2)18-34-17-22-7-6-14-32-26(19-8-10-21(30)11-9-19)27(33(22)3)20-12-15-31-16-13-20/h4-5,8-16,22H,1,6-7,17-18H2,2-3H3/b24-23+,25-5+,27-26-,32-14?/t22-/m0/s1. The minimum atomic E-state index is -0.286. The average Bonchev–Trinajstić information content (AvgIpc) is 2.86. The van der Waals surface area contributed by atoms with Crippen LogP contribution in [0, 0.1) is 5.82 Å². The SMILES string of the molecule is C=C/C(Cl)=C(COC[C@@H]1CCC=N/C(c2ccc(F)cc2)=C(/c2ccncc2)N1C)\C(Cl)=C/C.